The zero-order chi connectivity index (χ0) is 22.7. The summed E-state index contributed by atoms with van der Waals surface area (Å²) in [6.07, 6.45) is 0.605. The Morgan fingerprint density at radius 2 is 2.00 bits per heavy atom. The van der Waals surface area contributed by atoms with Gasteiger partial charge in [-0.2, -0.15) is 0 Å². The van der Waals surface area contributed by atoms with Gasteiger partial charge in [-0.05, 0) is 35.9 Å². The van der Waals surface area contributed by atoms with Crippen LogP contribution in [0, 0.1) is 11.6 Å². The fourth-order valence-corrected chi connectivity index (χ4v) is 4.27. The first-order valence-electron chi connectivity index (χ1n) is 9.84. The van der Waals surface area contributed by atoms with Gasteiger partial charge in [-0.1, -0.05) is 35.5 Å². The van der Waals surface area contributed by atoms with Crippen LogP contribution in [0.15, 0.2) is 52.4 Å². The molecule has 2 heterocycles. The van der Waals surface area contributed by atoms with Crippen LogP contribution in [-0.2, 0) is 24.3 Å². The summed E-state index contributed by atoms with van der Waals surface area (Å²) in [7, 11) is 0. The topological polar surface area (TPSA) is 78.1 Å². The summed E-state index contributed by atoms with van der Waals surface area (Å²) >= 11 is 6.83. The summed E-state index contributed by atoms with van der Waals surface area (Å²) < 4.78 is 26.3. The lowest BCUT2D eigenvalue weighted by atomic mass is 10.1. The molecule has 1 aromatic heterocycles. The highest BCUT2D eigenvalue weighted by Crippen LogP contribution is 2.21. The molecule has 0 atom stereocenters. The van der Waals surface area contributed by atoms with Gasteiger partial charge in [0.05, 0.1) is 22.0 Å². The number of benzene rings is 2. The first-order valence-corrected chi connectivity index (χ1v) is 11.2. The van der Waals surface area contributed by atoms with E-state index in [-0.39, 0.29) is 28.1 Å². The van der Waals surface area contributed by atoms with Crippen LogP contribution in [0.1, 0.15) is 16.8 Å². The van der Waals surface area contributed by atoms with Crippen LogP contribution in [0.5, 0.6) is 0 Å². The normalized spacial score (nSPS) is 13.6. The van der Waals surface area contributed by atoms with E-state index in [2.05, 4.69) is 20.2 Å². The van der Waals surface area contributed by atoms with E-state index in [0.717, 1.165) is 29.6 Å². The maximum atomic E-state index is 13.2. The SMILES string of the molecule is O=C(CSc1nc2c(c(=O)[nH]1)CN(Cc1ccc(F)cc1)CC2)Nc1ccc(F)c(Cl)c1. The Bertz CT molecular complexity index is 1200. The van der Waals surface area contributed by atoms with Crippen LogP contribution in [0.3, 0.4) is 0 Å². The second-order valence-corrected chi connectivity index (χ2v) is 8.72. The second-order valence-electron chi connectivity index (χ2n) is 7.35. The number of halogens is 3. The summed E-state index contributed by atoms with van der Waals surface area (Å²) in [5.74, 6) is -1.15. The highest BCUT2D eigenvalue weighted by Gasteiger charge is 2.21. The molecule has 0 saturated heterocycles. The number of carbonyl (C=O) groups excluding carboxylic acids is 1. The molecule has 0 radical (unpaired) electrons. The van der Waals surface area contributed by atoms with Gasteiger partial charge in [0.1, 0.15) is 11.6 Å². The minimum absolute atomic E-state index is 0.0212. The van der Waals surface area contributed by atoms with Gasteiger partial charge < -0.3 is 10.3 Å². The minimum Gasteiger partial charge on any atom is -0.325 e. The lowest BCUT2D eigenvalue weighted by molar-refractivity contribution is -0.113. The van der Waals surface area contributed by atoms with Crippen LogP contribution in [0.2, 0.25) is 5.02 Å². The van der Waals surface area contributed by atoms with Gasteiger partial charge in [-0.15, -0.1) is 0 Å². The molecule has 166 valence electrons. The van der Waals surface area contributed by atoms with Crippen molar-refractivity contribution in [2.75, 3.05) is 17.6 Å². The van der Waals surface area contributed by atoms with Crippen molar-refractivity contribution in [3.05, 3.63) is 86.3 Å². The molecule has 0 aliphatic carbocycles. The first kappa shape index (κ1) is 22.4. The molecule has 1 aliphatic heterocycles. The van der Waals surface area contributed by atoms with Gasteiger partial charge in [0, 0.05) is 31.7 Å². The summed E-state index contributed by atoms with van der Waals surface area (Å²) in [6.45, 7) is 1.78. The Morgan fingerprint density at radius 1 is 1.22 bits per heavy atom. The van der Waals surface area contributed by atoms with Crippen LogP contribution in [0.25, 0.3) is 0 Å². The van der Waals surface area contributed by atoms with E-state index in [4.69, 9.17) is 11.6 Å². The molecule has 0 fully saturated rings. The predicted octanol–water partition coefficient (Wildman–Crippen LogP) is 3.99. The number of H-pyrrole nitrogens is 1. The standard InChI is InChI=1S/C22H19ClF2N4O2S/c23-17-9-15(5-6-18(17)25)26-20(30)12-32-22-27-19-7-8-29(11-16(19)21(31)28-22)10-13-1-3-14(24)4-2-13/h1-6,9H,7-8,10-12H2,(H,26,30)(H,27,28,31). The number of hydrogen-bond acceptors (Lipinski definition) is 5. The Kier molecular flexibility index (Phi) is 6.88. The zero-order valence-corrected chi connectivity index (χ0v) is 18.4. The van der Waals surface area contributed by atoms with Crippen molar-refractivity contribution in [2.24, 2.45) is 0 Å². The molecule has 32 heavy (non-hydrogen) atoms. The predicted molar refractivity (Wildman–Crippen MR) is 120 cm³/mol. The average molecular weight is 477 g/mol. The van der Waals surface area contributed by atoms with Crippen molar-refractivity contribution < 1.29 is 13.6 Å². The molecule has 3 aromatic rings. The molecule has 0 bridgehead atoms. The third kappa shape index (κ3) is 5.53. The number of aromatic nitrogens is 2. The minimum atomic E-state index is -0.564. The largest absolute Gasteiger partial charge is 0.325 e. The van der Waals surface area contributed by atoms with E-state index in [1.807, 2.05) is 0 Å². The van der Waals surface area contributed by atoms with Crippen molar-refractivity contribution in [1.29, 1.82) is 0 Å². The molecule has 2 aromatic carbocycles. The highest BCUT2D eigenvalue weighted by atomic mass is 35.5. The monoisotopic (exact) mass is 476 g/mol. The lowest BCUT2D eigenvalue weighted by Gasteiger charge is -2.27. The zero-order valence-electron chi connectivity index (χ0n) is 16.8. The molecule has 0 saturated carbocycles. The fourth-order valence-electron chi connectivity index (χ4n) is 3.41. The Balaban J connectivity index is 1.36. The summed E-state index contributed by atoms with van der Waals surface area (Å²) in [5.41, 5.74) is 2.45. The van der Waals surface area contributed by atoms with Crippen LogP contribution in [0.4, 0.5) is 14.5 Å². The number of aromatic amines is 1. The number of thioether (sulfide) groups is 1. The number of rotatable bonds is 6. The number of amides is 1. The van der Waals surface area contributed by atoms with Crippen molar-refractivity contribution in [3.8, 4) is 0 Å². The van der Waals surface area contributed by atoms with Crippen LogP contribution >= 0.6 is 23.4 Å². The van der Waals surface area contributed by atoms with Crippen molar-refractivity contribution in [3.63, 3.8) is 0 Å². The van der Waals surface area contributed by atoms with E-state index < -0.39 is 5.82 Å². The molecule has 0 unspecified atom stereocenters. The Labute approximate surface area is 192 Å². The van der Waals surface area contributed by atoms with Gasteiger partial charge in [0.2, 0.25) is 5.91 Å². The molecule has 1 aliphatic rings. The lowest BCUT2D eigenvalue weighted by Crippen LogP contribution is -2.35. The van der Waals surface area contributed by atoms with Crippen molar-refractivity contribution >= 4 is 35.0 Å². The smallest absolute Gasteiger partial charge is 0.256 e. The van der Waals surface area contributed by atoms with Gasteiger partial charge >= 0.3 is 0 Å². The van der Waals surface area contributed by atoms with E-state index in [1.165, 1.54) is 30.3 Å². The van der Waals surface area contributed by atoms with Gasteiger partial charge in [0.25, 0.3) is 5.56 Å². The maximum Gasteiger partial charge on any atom is 0.256 e. The summed E-state index contributed by atoms with van der Waals surface area (Å²) in [6, 6.07) is 10.2. The van der Waals surface area contributed by atoms with Gasteiger partial charge in [0.15, 0.2) is 5.16 Å². The van der Waals surface area contributed by atoms with Crippen LogP contribution < -0.4 is 10.9 Å². The third-order valence-electron chi connectivity index (χ3n) is 4.99. The van der Waals surface area contributed by atoms with E-state index >= 15 is 0 Å². The number of nitrogens with zero attached hydrogens (tertiary/aromatic N) is 2. The Hall–Kier alpha value is -2.75. The molecule has 1 amide bonds. The maximum absolute atomic E-state index is 13.2. The third-order valence-corrected chi connectivity index (χ3v) is 6.15. The number of nitrogens with one attached hydrogen (secondary N) is 2. The molecular formula is C22H19ClF2N4O2S. The number of anilines is 1. The number of fused-ring (bicyclic) bond motifs is 1. The second kappa shape index (κ2) is 9.81. The molecule has 6 nitrogen and oxygen atoms in total. The summed E-state index contributed by atoms with van der Waals surface area (Å²) in [4.78, 5) is 34.1. The highest BCUT2D eigenvalue weighted by molar-refractivity contribution is 7.99. The molecule has 10 heteroatoms. The molecule has 2 N–H and O–H groups in total. The number of carbonyl (C=O) groups is 1. The van der Waals surface area contributed by atoms with E-state index in [1.54, 1.807) is 12.1 Å². The van der Waals surface area contributed by atoms with Crippen molar-refractivity contribution in [1.82, 2.24) is 14.9 Å². The summed E-state index contributed by atoms with van der Waals surface area (Å²) in [5, 5.41) is 2.92. The number of hydrogen-bond donors (Lipinski definition) is 2. The Morgan fingerprint density at radius 3 is 2.75 bits per heavy atom. The molecule has 0 spiro atoms. The fraction of sp³-hybridized carbons (Fsp3) is 0.227. The van der Waals surface area contributed by atoms with E-state index in [0.29, 0.717) is 35.9 Å². The van der Waals surface area contributed by atoms with E-state index in [9.17, 15) is 18.4 Å². The average Bonchev–Trinajstić information content (AvgIpc) is 2.77. The van der Waals surface area contributed by atoms with Crippen LogP contribution in [-0.4, -0.2) is 33.1 Å². The quantitative estimate of drug-likeness (QED) is 0.415. The molecule has 4 rings (SSSR count). The van der Waals surface area contributed by atoms with Gasteiger partial charge in [-0.3, -0.25) is 14.5 Å². The molecular weight excluding hydrogens is 458 g/mol. The van der Waals surface area contributed by atoms with Gasteiger partial charge in [-0.25, -0.2) is 13.8 Å². The first-order chi connectivity index (χ1) is 15.4. The van der Waals surface area contributed by atoms with Crippen molar-refractivity contribution in [2.45, 2.75) is 24.7 Å².